The van der Waals surface area contributed by atoms with Crippen LogP contribution >= 0.6 is 0 Å². The molecule has 0 spiro atoms. The van der Waals surface area contributed by atoms with Gasteiger partial charge >= 0.3 is 11.7 Å². The minimum atomic E-state index is -0.898. The van der Waals surface area contributed by atoms with Gasteiger partial charge < -0.3 is 4.98 Å². The molecule has 120 valence electrons. The third-order valence-corrected chi connectivity index (χ3v) is 4.10. The van der Waals surface area contributed by atoms with Gasteiger partial charge in [0.05, 0.1) is 16.7 Å². The zero-order valence-electron chi connectivity index (χ0n) is 12.8. The number of amides is 1. The van der Waals surface area contributed by atoms with Crippen LogP contribution in [0.3, 0.4) is 0 Å². The highest BCUT2D eigenvalue weighted by Gasteiger charge is 2.20. The number of nitrogens with one attached hydrogen (secondary N) is 2. The lowest BCUT2D eigenvalue weighted by molar-refractivity contribution is 0.163. The van der Waals surface area contributed by atoms with Crippen LogP contribution in [0.4, 0.5) is 4.79 Å². The first kappa shape index (κ1) is 14.3. The van der Waals surface area contributed by atoms with Crippen molar-refractivity contribution in [3.63, 3.8) is 0 Å². The summed E-state index contributed by atoms with van der Waals surface area (Å²) in [4.78, 5) is 27.9. The SMILES string of the molecule is Cc1ccc2c(-n3c(=O)n(C(=O)NO)c4ccccc43)c[nH]c2c1. The number of carbonyl (C=O) groups is 1. The number of carbonyl (C=O) groups excluding carboxylic acids is 1. The van der Waals surface area contributed by atoms with E-state index in [1.165, 1.54) is 10.0 Å². The third kappa shape index (κ3) is 1.88. The second-order valence-electron chi connectivity index (χ2n) is 5.58. The molecule has 2 heterocycles. The number of nitrogens with zero attached hydrogens (tertiary/aromatic N) is 2. The summed E-state index contributed by atoms with van der Waals surface area (Å²) in [6.45, 7) is 1.99. The fourth-order valence-electron chi connectivity index (χ4n) is 3.04. The molecule has 0 radical (unpaired) electrons. The lowest BCUT2D eigenvalue weighted by Gasteiger charge is -2.01. The topological polar surface area (TPSA) is 92.1 Å². The Balaban J connectivity index is 2.12. The quantitative estimate of drug-likeness (QED) is 0.371. The number of hydrogen-bond donors (Lipinski definition) is 3. The summed E-state index contributed by atoms with van der Waals surface area (Å²) in [5.41, 5.74) is 4.61. The second kappa shape index (κ2) is 5.10. The van der Waals surface area contributed by atoms with Gasteiger partial charge in [0, 0.05) is 17.1 Å². The molecule has 1 amide bonds. The highest BCUT2D eigenvalue weighted by atomic mass is 16.5. The fourth-order valence-corrected chi connectivity index (χ4v) is 3.04. The van der Waals surface area contributed by atoms with Crippen molar-refractivity contribution < 1.29 is 10.0 Å². The van der Waals surface area contributed by atoms with Crippen LogP contribution in [-0.2, 0) is 0 Å². The Labute approximate surface area is 135 Å². The standard InChI is InChI=1S/C17H14N4O3/c1-10-6-7-11-12(8-10)18-9-15(11)20-13-4-2-3-5-14(13)21(17(20)23)16(22)19-24/h2-9,18,24H,1H3,(H,19,22). The van der Waals surface area contributed by atoms with Crippen LogP contribution in [0.25, 0.3) is 27.6 Å². The monoisotopic (exact) mass is 322 g/mol. The number of para-hydroxylation sites is 2. The molecule has 0 aliphatic rings. The van der Waals surface area contributed by atoms with Gasteiger partial charge in [0.25, 0.3) is 0 Å². The number of hydroxylamine groups is 1. The minimum absolute atomic E-state index is 0.413. The molecule has 0 bridgehead atoms. The number of H-pyrrole nitrogens is 1. The van der Waals surface area contributed by atoms with E-state index >= 15 is 0 Å². The number of benzene rings is 2. The number of rotatable bonds is 1. The molecule has 3 N–H and O–H groups in total. The summed E-state index contributed by atoms with van der Waals surface area (Å²) in [6.07, 6.45) is 1.74. The maximum Gasteiger partial charge on any atom is 0.354 e. The number of aromatic nitrogens is 3. The van der Waals surface area contributed by atoms with Crippen LogP contribution in [0.15, 0.2) is 53.5 Å². The summed E-state index contributed by atoms with van der Waals surface area (Å²) < 4.78 is 2.36. The highest BCUT2D eigenvalue weighted by Crippen LogP contribution is 2.25. The van der Waals surface area contributed by atoms with Crippen molar-refractivity contribution in [3.05, 3.63) is 64.7 Å². The van der Waals surface area contributed by atoms with Crippen molar-refractivity contribution >= 4 is 28.0 Å². The Bertz CT molecular complexity index is 1150. The second-order valence-corrected chi connectivity index (χ2v) is 5.58. The number of hydrogen-bond acceptors (Lipinski definition) is 3. The van der Waals surface area contributed by atoms with Gasteiger partial charge in [0.15, 0.2) is 0 Å². The highest BCUT2D eigenvalue weighted by molar-refractivity contribution is 5.94. The number of fused-ring (bicyclic) bond motifs is 2. The Morgan fingerprint density at radius 1 is 1.17 bits per heavy atom. The maximum absolute atomic E-state index is 12.8. The third-order valence-electron chi connectivity index (χ3n) is 4.10. The van der Waals surface area contributed by atoms with E-state index in [1.807, 2.05) is 25.1 Å². The summed E-state index contributed by atoms with van der Waals surface area (Å²) in [6, 6.07) is 11.9. The number of imidazole rings is 1. The van der Waals surface area contributed by atoms with Crippen LogP contribution < -0.4 is 11.2 Å². The van der Waals surface area contributed by atoms with E-state index in [0.29, 0.717) is 16.7 Å². The molecule has 2 aromatic heterocycles. The van der Waals surface area contributed by atoms with Gasteiger partial charge in [-0.3, -0.25) is 9.77 Å². The average molecular weight is 322 g/mol. The van der Waals surface area contributed by atoms with E-state index in [4.69, 9.17) is 5.21 Å². The molecular formula is C17H14N4O3. The van der Waals surface area contributed by atoms with E-state index in [0.717, 1.165) is 21.0 Å². The Kier molecular flexibility index (Phi) is 3.04. The van der Waals surface area contributed by atoms with Gasteiger partial charge in [-0.25, -0.2) is 19.6 Å². The lowest BCUT2D eigenvalue weighted by atomic mass is 10.1. The van der Waals surface area contributed by atoms with Gasteiger partial charge in [0.1, 0.15) is 0 Å². The molecule has 7 heteroatoms. The predicted molar refractivity (Wildman–Crippen MR) is 89.8 cm³/mol. The lowest BCUT2D eigenvalue weighted by Crippen LogP contribution is -2.34. The first-order chi connectivity index (χ1) is 11.6. The van der Waals surface area contributed by atoms with Crippen molar-refractivity contribution in [3.8, 4) is 5.69 Å². The van der Waals surface area contributed by atoms with Crippen molar-refractivity contribution in [2.75, 3.05) is 0 Å². The Morgan fingerprint density at radius 2 is 1.92 bits per heavy atom. The molecule has 0 unspecified atom stereocenters. The summed E-state index contributed by atoms with van der Waals surface area (Å²) in [5, 5.41) is 9.81. The predicted octanol–water partition coefficient (Wildman–Crippen LogP) is 2.53. The van der Waals surface area contributed by atoms with Crippen LogP contribution in [0.1, 0.15) is 5.56 Å². The molecule has 4 aromatic rings. The van der Waals surface area contributed by atoms with Crippen molar-refractivity contribution in [2.45, 2.75) is 6.92 Å². The molecule has 0 saturated carbocycles. The van der Waals surface area contributed by atoms with Crippen LogP contribution in [0.2, 0.25) is 0 Å². The largest absolute Gasteiger partial charge is 0.359 e. The van der Waals surface area contributed by atoms with Crippen molar-refractivity contribution in [1.82, 2.24) is 19.6 Å². The average Bonchev–Trinajstić information content (AvgIpc) is 3.11. The Morgan fingerprint density at radius 3 is 2.67 bits per heavy atom. The summed E-state index contributed by atoms with van der Waals surface area (Å²) in [5.74, 6) is 0. The first-order valence-electron chi connectivity index (χ1n) is 7.37. The van der Waals surface area contributed by atoms with E-state index in [1.54, 1.807) is 30.5 Å². The van der Waals surface area contributed by atoms with E-state index in [9.17, 15) is 9.59 Å². The fraction of sp³-hybridized carbons (Fsp3) is 0.0588. The van der Waals surface area contributed by atoms with Crippen LogP contribution in [-0.4, -0.2) is 25.4 Å². The molecule has 0 aliphatic heterocycles. The molecule has 0 atom stereocenters. The minimum Gasteiger partial charge on any atom is -0.359 e. The van der Waals surface area contributed by atoms with Crippen molar-refractivity contribution in [1.29, 1.82) is 0 Å². The van der Waals surface area contributed by atoms with Gasteiger partial charge in [0.2, 0.25) is 0 Å². The molecular weight excluding hydrogens is 308 g/mol. The van der Waals surface area contributed by atoms with Crippen LogP contribution in [0, 0.1) is 6.92 Å². The molecule has 24 heavy (non-hydrogen) atoms. The molecule has 2 aromatic carbocycles. The Hall–Kier alpha value is -3.32. The molecule has 7 nitrogen and oxygen atoms in total. The maximum atomic E-state index is 12.8. The van der Waals surface area contributed by atoms with E-state index < -0.39 is 11.7 Å². The smallest absolute Gasteiger partial charge is 0.354 e. The molecule has 4 rings (SSSR count). The normalized spacial score (nSPS) is 11.2. The van der Waals surface area contributed by atoms with Gasteiger partial charge in [-0.2, -0.15) is 0 Å². The van der Waals surface area contributed by atoms with E-state index in [-0.39, 0.29) is 0 Å². The molecule has 0 saturated heterocycles. The molecule has 0 aliphatic carbocycles. The van der Waals surface area contributed by atoms with E-state index in [2.05, 4.69) is 4.98 Å². The summed E-state index contributed by atoms with van der Waals surface area (Å²) >= 11 is 0. The number of aryl methyl sites for hydroxylation is 1. The van der Waals surface area contributed by atoms with Crippen LogP contribution in [0.5, 0.6) is 0 Å². The molecule has 0 fully saturated rings. The first-order valence-corrected chi connectivity index (χ1v) is 7.37. The summed E-state index contributed by atoms with van der Waals surface area (Å²) in [7, 11) is 0. The van der Waals surface area contributed by atoms with Crippen molar-refractivity contribution in [2.24, 2.45) is 0 Å². The van der Waals surface area contributed by atoms with Gasteiger partial charge in [-0.1, -0.05) is 24.3 Å². The zero-order chi connectivity index (χ0) is 16.8. The van der Waals surface area contributed by atoms with Gasteiger partial charge in [-0.15, -0.1) is 0 Å². The van der Waals surface area contributed by atoms with Gasteiger partial charge in [-0.05, 0) is 30.7 Å². The number of aromatic amines is 1. The zero-order valence-corrected chi connectivity index (χ0v) is 12.8.